The van der Waals surface area contributed by atoms with E-state index in [1.54, 1.807) is 0 Å². The van der Waals surface area contributed by atoms with Gasteiger partial charge in [0.25, 0.3) is 0 Å². The van der Waals surface area contributed by atoms with Crippen LogP contribution in [0.15, 0.2) is 18.3 Å². The predicted molar refractivity (Wildman–Crippen MR) is 88.3 cm³/mol. The molecule has 2 heterocycles. The number of benzene rings is 1. The molecule has 0 unspecified atom stereocenters. The first-order valence-corrected chi connectivity index (χ1v) is 8.54. The van der Waals surface area contributed by atoms with Crippen molar-refractivity contribution in [1.82, 2.24) is 14.7 Å². The summed E-state index contributed by atoms with van der Waals surface area (Å²) in [5, 5.41) is 5.77. The van der Waals surface area contributed by atoms with E-state index in [0.29, 0.717) is 6.10 Å². The van der Waals surface area contributed by atoms with Gasteiger partial charge in [0, 0.05) is 37.8 Å². The van der Waals surface area contributed by atoms with Crippen LogP contribution in [0.2, 0.25) is 0 Å². The molecule has 2 fully saturated rings. The topological polar surface area (TPSA) is 30.3 Å². The van der Waals surface area contributed by atoms with E-state index in [-0.39, 0.29) is 0 Å². The Morgan fingerprint density at radius 3 is 2.68 bits per heavy atom. The van der Waals surface area contributed by atoms with Gasteiger partial charge in [0.1, 0.15) is 17.4 Å². The van der Waals surface area contributed by atoms with Gasteiger partial charge in [0.2, 0.25) is 0 Å². The van der Waals surface area contributed by atoms with Crippen LogP contribution in [0.4, 0.5) is 0 Å². The van der Waals surface area contributed by atoms with Crippen LogP contribution in [-0.2, 0) is 7.05 Å². The normalized spacial score (nSPS) is 21.2. The van der Waals surface area contributed by atoms with E-state index in [1.807, 2.05) is 11.7 Å². The quantitative estimate of drug-likeness (QED) is 0.871. The third kappa shape index (κ3) is 2.50. The van der Waals surface area contributed by atoms with Gasteiger partial charge in [-0.25, -0.2) is 0 Å². The van der Waals surface area contributed by atoms with Crippen molar-refractivity contribution in [3.8, 4) is 5.75 Å². The van der Waals surface area contributed by atoms with Gasteiger partial charge in [-0.15, -0.1) is 0 Å². The molecule has 0 N–H and O–H groups in total. The van der Waals surface area contributed by atoms with Crippen LogP contribution >= 0.6 is 0 Å². The predicted octanol–water partition coefficient (Wildman–Crippen LogP) is 3.28. The molecule has 4 heteroatoms. The Bertz CT molecular complexity index is 666. The van der Waals surface area contributed by atoms with E-state index in [2.05, 4.69) is 35.3 Å². The molecular weight excluding hydrogens is 274 g/mol. The monoisotopic (exact) mass is 299 g/mol. The van der Waals surface area contributed by atoms with Crippen molar-refractivity contribution >= 4 is 10.9 Å². The Hall–Kier alpha value is -1.55. The number of hydrogen-bond acceptors (Lipinski definition) is 3. The smallest absolute Gasteiger partial charge is 0.147 e. The minimum absolute atomic E-state index is 0.329. The number of fused-ring (bicyclic) bond motifs is 1. The van der Waals surface area contributed by atoms with Gasteiger partial charge in [0.15, 0.2) is 0 Å². The lowest BCUT2D eigenvalue weighted by atomic mass is 9.92. The van der Waals surface area contributed by atoms with Crippen LogP contribution in [0.3, 0.4) is 0 Å². The van der Waals surface area contributed by atoms with Crippen LogP contribution in [0.5, 0.6) is 5.75 Å². The summed E-state index contributed by atoms with van der Waals surface area (Å²) in [4.78, 5) is 2.60. The summed E-state index contributed by atoms with van der Waals surface area (Å²) in [6.07, 6.45) is 9.38. The van der Waals surface area contributed by atoms with Crippen molar-refractivity contribution in [1.29, 1.82) is 0 Å². The van der Waals surface area contributed by atoms with Gasteiger partial charge in [0.05, 0.1) is 0 Å². The highest BCUT2D eigenvalue weighted by Crippen LogP contribution is 2.31. The molecule has 0 spiro atoms. The molecule has 0 atom stereocenters. The molecule has 4 rings (SSSR count). The zero-order chi connectivity index (χ0) is 15.1. The lowest BCUT2D eigenvalue weighted by Gasteiger charge is -2.45. The largest absolute Gasteiger partial charge is 0.485 e. The molecule has 0 bridgehead atoms. The SMILES string of the molecule is Cc1ccc(OC2CN(C3CCCCC3)C2)c2nn(C)cc12. The average molecular weight is 299 g/mol. The molecule has 2 aromatic rings. The lowest BCUT2D eigenvalue weighted by Crippen LogP contribution is -2.58. The second kappa shape index (κ2) is 5.58. The summed E-state index contributed by atoms with van der Waals surface area (Å²) < 4.78 is 8.11. The number of aromatic nitrogens is 2. The van der Waals surface area contributed by atoms with Gasteiger partial charge < -0.3 is 4.74 Å². The van der Waals surface area contributed by atoms with Crippen molar-refractivity contribution in [2.75, 3.05) is 13.1 Å². The second-order valence-electron chi connectivity index (χ2n) is 6.93. The molecule has 0 radical (unpaired) electrons. The van der Waals surface area contributed by atoms with Gasteiger partial charge in [-0.1, -0.05) is 25.3 Å². The standard InChI is InChI=1S/C18H25N3O/c1-13-8-9-17(18-16(13)12-20(2)19-18)22-15-10-21(11-15)14-6-4-3-5-7-14/h8-9,12,14-15H,3-7,10-11H2,1-2H3. The maximum Gasteiger partial charge on any atom is 0.147 e. The number of hydrogen-bond donors (Lipinski definition) is 0. The fourth-order valence-corrected chi connectivity index (χ4v) is 3.89. The highest BCUT2D eigenvalue weighted by Gasteiger charge is 2.34. The second-order valence-corrected chi connectivity index (χ2v) is 6.93. The maximum absolute atomic E-state index is 6.24. The first kappa shape index (κ1) is 14.1. The Labute approximate surface area is 132 Å². The van der Waals surface area contributed by atoms with Crippen molar-refractivity contribution in [2.45, 2.75) is 51.2 Å². The van der Waals surface area contributed by atoms with Crippen LogP contribution in [0.25, 0.3) is 10.9 Å². The van der Waals surface area contributed by atoms with Crippen molar-refractivity contribution < 1.29 is 4.74 Å². The molecule has 22 heavy (non-hydrogen) atoms. The zero-order valence-corrected chi connectivity index (χ0v) is 13.6. The number of ether oxygens (including phenoxy) is 1. The van der Waals surface area contributed by atoms with E-state index in [0.717, 1.165) is 30.4 Å². The molecule has 2 aliphatic rings. The summed E-state index contributed by atoms with van der Waals surface area (Å²) in [5.41, 5.74) is 2.26. The third-order valence-corrected chi connectivity index (χ3v) is 5.23. The Morgan fingerprint density at radius 2 is 1.91 bits per heavy atom. The first-order valence-electron chi connectivity index (χ1n) is 8.54. The van der Waals surface area contributed by atoms with Crippen molar-refractivity contribution in [3.63, 3.8) is 0 Å². The summed E-state index contributed by atoms with van der Waals surface area (Å²) in [5.74, 6) is 0.939. The zero-order valence-electron chi connectivity index (χ0n) is 13.6. The van der Waals surface area contributed by atoms with Gasteiger partial charge in [-0.05, 0) is 31.4 Å². The molecule has 4 nitrogen and oxygen atoms in total. The van der Waals surface area contributed by atoms with E-state index in [4.69, 9.17) is 4.74 Å². The van der Waals surface area contributed by atoms with Crippen LogP contribution in [0.1, 0.15) is 37.7 Å². The third-order valence-electron chi connectivity index (χ3n) is 5.23. The number of nitrogens with zero attached hydrogens (tertiary/aromatic N) is 3. The van der Waals surface area contributed by atoms with E-state index >= 15 is 0 Å². The van der Waals surface area contributed by atoms with Gasteiger partial charge in [-0.3, -0.25) is 9.58 Å². The summed E-state index contributed by atoms with van der Waals surface area (Å²) >= 11 is 0. The Balaban J connectivity index is 1.43. The van der Waals surface area contributed by atoms with E-state index < -0.39 is 0 Å². The average Bonchev–Trinajstić information content (AvgIpc) is 2.88. The number of likely N-dealkylation sites (tertiary alicyclic amines) is 1. The van der Waals surface area contributed by atoms with E-state index in [1.165, 1.54) is 43.1 Å². The number of rotatable bonds is 3. The Morgan fingerprint density at radius 1 is 1.14 bits per heavy atom. The van der Waals surface area contributed by atoms with Gasteiger partial charge in [-0.2, -0.15) is 5.10 Å². The summed E-state index contributed by atoms with van der Waals surface area (Å²) in [6, 6.07) is 5.02. The van der Waals surface area contributed by atoms with Crippen molar-refractivity contribution in [2.24, 2.45) is 7.05 Å². The fourth-order valence-electron chi connectivity index (χ4n) is 3.89. The molecule has 1 aromatic carbocycles. The molecule has 118 valence electrons. The molecule has 1 aromatic heterocycles. The number of aryl methyl sites for hydroxylation is 2. The van der Waals surface area contributed by atoms with Crippen LogP contribution in [0, 0.1) is 6.92 Å². The minimum atomic E-state index is 0.329. The highest BCUT2D eigenvalue weighted by molar-refractivity contribution is 5.87. The molecule has 0 amide bonds. The lowest BCUT2D eigenvalue weighted by molar-refractivity contribution is -0.0181. The maximum atomic E-state index is 6.24. The molecule has 1 saturated heterocycles. The first-order chi connectivity index (χ1) is 10.7. The van der Waals surface area contributed by atoms with Gasteiger partial charge >= 0.3 is 0 Å². The fraction of sp³-hybridized carbons (Fsp3) is 0.611. The molecule has 1 aliphatic heterocycles. The van der Waals surface area contributed by atoms with Crippen LogP contribution < -0.4 is 4.74 Å². The minimum Gasteiger partial charge on any atom is -0.485 e. The summed E-state index contributed by atoms with van der Waals surface area (Å²) in [6.45, 7) is 4.28. The van der Waals surface area contributed by atoms with E-state index in [9.17, 15) is 0 Å². The Kier molecular flexibility index (Phi) is 3.57. The molecule has 1 saturated carbocycles. The molecular formula is C18H25N3O. The van der Waals surface area contributed by atoms with Crippen molar-refractivity contribution in [3.05, 3.63) is 23.9 Å². The molecule has 1 aliphatic carbocycles. The summed E-state index contributed by atoms with van der Waals surface area (Å²) in [7, 11) is 1.97. The highest BCUT2D eigenvalue weighted by atomic mass is 16.5. The van der Waals surface area contributed by atoms with Crippen LogP contribution in [-0.4, -0.2) is 39.9 Å².